The van der Waals surface area contributed by atoms with Crippen LogP contribution >= 0.6 is 23.5 Å². The molecule has 1 nitrogen and oxygen atoms in total. The zero-order valence-electron chi connectivity index (χ0n) is 9.06. The first-order valence-electron chi connectivity index (χ1n) is 5.16. The first-order valence-corrected chi connectivity index (χ1v) is 6.96. The maximum atomic E-state index is 4.58. The Hall–Kier alpha value is -0.410. The third-order valence-corrected chi connectivity index (χ3v) is 4.73. The quantitative estimate of drug-likeness (QED) is 0.736. The van der Waals surface area contributed by atoms with Crippen molar-refractivity contribution >= 4 is 27.9 Å². The monoisotopic (exact) mass is 237 g/mol. The molecule has 1 aromatic carbocycles. The van der Waals surface area contributed by atoms with Crippen molar-refractivity contribution in [3.8, 4) is 0 Å². The average Bonchev–Trinajstić information content (AvgIpc) is 2.22. The molecule has 0 saturated heterocycles. The second-order valence-electron chi connectivity index (χ2n) is 3.94. The van der Waals surface area contributed by atoms with E-state index in [2.05, 4.69) is 43.1 Å². The maximum absolute atomic E-state index is 4.58. The van der Waals surface area contributed by atoms with E-state index in [1.807, 2.05) is 11.8 Å². The van der Waals surface area contributed by atoms with Crippen LogP contribution in [0.25, 0.3) is 0 Å². The van der Waals surface area contributed by atoms with Gasteiger partial charge in [0.15, 0.2) is 0 Å². The van der Waals surface area contributed by atoms with Gasteiger partial charge in [-0.2, -0.15) is 0 Å². The smallest absolute Gasteiger partial charge is 0.129 e. The Labute approximate surface area is 99.8 Å². The van der Waals surface area contributed by atoms with Gasteiger partial charge in [0.25, 0.3) is 0 Å². The van der Waals surface area contributed by atoms with Crippen molar-refractivity contribution in [3.05, 3.63) is 29.8 Å². The van der Waals surface area contributed by atoms with Crippen LogP contribution in [0.4, 0.5) is 0 Å². The molecule has 1 aliphatic rings. The van der Waals surface area contributed by atoms with E-state index in [9.17, 15) is 0 Å². The fourth-order valence-electron chi connectivity index (χ4n) is 1.38. The number of benzene rings is 1. The molecule has 1 heterocycles. The molecule has 1 unspecified atom stereocenters. The summed E-state index contributed by atoms with van der Waals surface area (Å²) in [7, 11) is 0. The third kappa shape index (κ3) is 3.28. The molecule has 2 rings (SSSR count). The van der Waals surface area contributed by atoms with Crippen molar-refractivity contribution in [2.75, 3.05) is 12.3 Å². The van der Waals surface area contributed by atoms with Gasteiger partial charge in [-0.1, -0.05) is 48.1 Å². The van der Waals surface area contributed by atoms with E-state index in [4.69, 9.17) is 0 Å². The van der Waals surface area contributed by atoms with Crippen molar-refractivity contribution in [3.63, 3.8) is 0 Å². The molecule has 15 heavy (non-hydrogen) atoms. The van der Waals surface area contributed by atoms with Gasteiger partial charge >= 0.3 is 0 Å². The lowest BCUT2D eigenvalue weighted by molar-refractivity contribution is 0.675. The van der Waals surface area contributed by atoms with E-state index in [1.165, 1.54) is 20.6 Å². The van der Waals surface area contributed by atoms with Crippen molar-refractivity contribution < 1.29 is 0 Å². The van der Waals surface area contributed by atoms with E-state index in [0.717, 1.165) is 12.5 Å². The Kier molecular flexibility index (Phi) is 3.76. The minimum atomic E-state index is 0.733. The van der Waals surface area contributed by atoms with E-state index in [1.54, 1.807) is 11.8 Å². The van der Waals surface area contributed by atoms with Gasteiger partial charge in [-0.15, -0.1) is 0 Å². The van der Waals surface area contributed by atoms with Crippen molar-refractivity contribution in [1.29, 1.82) is 0 Å². The zero-order chi connectivity index (χ0) is 10.7. The lowest BCUT2D eigenvalue weighted by Gasteiger charge is -2.16. The molecule has 80 valence electrons. The minimum absolute atomic E-state index is 0.733. The summed E-state index contributed by atoms with van der Waals surface area (Å²) in [4.78, 5) is 5.88. The van der Waals surface area contributed by atoms with Gasteiger partial charge in [-0.25, -0.2) is 0 Å². The molecule has 0 aromatic heterocycles. The van der Waals surface area contributed by atoms with Gasteiger partial charge in [-0.05, 0) is 25.0 Å². The topological polar surface area (TPSA) is 12.4 Å². The highest BCUT2D eigenvalue weighted by Gasteiger charge is 2.12. The Morgan fingerprint density at radius 3 is 3.00 bits per heavy atom. The molecule has 0 saturated carbocycles. The molecular weight excluding hydrogens is 222 g/mol. The molecule has 0 radical (unpaired) electrons. The summed E-state index contributed by atoms with van der Waals surface area (Å²) in [6.45, 7) is 5.37. The molecular formula is C12H15NS2. The number of nitrogens with zero attached hydrogens (tertiary/aromatic N) is 1. The normalized spacial score (nSPS) is 21.2. The van der Waals surface area contributed by atoms with Gasteiger partial charge in [-0.3, -0.25) is 4.99 Å². The maximum Gasteiger partial charge on any atom is 0.129 e. The molecule has 0 fully saturated rings. The summed E-state index contributed by atoms with van der Waals surface area (Å²) in [5.74, 6) is 1.94. The second kappa shape index (κ2) is 5.08. The third-order valence-electron chi connectivity index (χ3n) is 2.22. The number of hydrogen-bond donors (Lipinski definition) is 0. The van der Waals surface area contributed by atoms with Crippen LogP contribution in [-0.4, -0.2) is 16.7 Å². The van der Waals surface area contributed by atoms with E-state index in [0.29, 0.717) is 0 Å². The number of aliphatic imine (C=N–C) groups is 1. The fraction of sp³-hybridized carbons (Fsp3) is 0.417. The summed E-state index contributed by atoms with van der Waals surface area (Å²) in [5, 5.41) is 0. The predicted molar refractivity (Wildman–Crippen MR) is 71.0 cm³/mol. The standard InChI is InChI=1S/C12H15NS2/c1-9-4-3-5-11(6-9)15-12-13-7-10(2)8-14-12/h3-6,10H,7-8H2,1-2H3. The summed E-state index contributed by atoms with van der Waals surface area (Å²) in [5.41, 5.74) is 1.31. The number of hydrogen-bond acceptors (Lipinski definition) is 3. The van der Waals surface area contributed by atoms with Crippen LogP contribution in [0.5, 0.6) is 0 Å². The lowest BCUT2D eigenvalue weighted by Crippen LogP contribution is -2.10. The van der Waals surface area contributed by atoms with Gasteiger partial charge in [0, 0.05) is 17.2 Å². The first-order chi connectivity index (χ1) is 7.24. The minimum Gasteiger partial charge on any atom is -0.271 e. The van der Waals surface area contributed by atoms with Gasteiger partial charge < -0.3 is 0 Å². The van der Waals surface area contributed by atoms with Crippen molar-refractivity contribution in [2.24, 2.45) is 10.9 Å². The zero-order valence-corrected chi connectivity index (χ0v) is 10.7. The molecule has 1 aliphatic heterocycles. The molecule has 1 aromatic rings. The number of aryl methyl sites for hydroxylation is 1. The van der Waals surface area contributed by atoms with Crippen LogP contribution in [0.1, 0.15) is 12.5 Å². The Morgan fingerprint density at radius 2 is 2.33 bits per heavy atom. The van der Waals surface area contributed by atoms with Gasteiger partial charge in [0.05, 0.1) is 0 Å². The van der Waals surface area contributed by atoms with Crippen LogP contribution in [0.15, 0.2) is 34.2 Å². The molecule has 3 heteroatoms. The second-order valence-corrected chi connectivity index (χ2v) is 6.27. The van der Waals surface area contributed by atoms with Crippen molar-refractivity contribution in [1.82, 2.24) is 0 Å². The van der Waals surface area contributed by atoms with Crippen LogP contribution in [0.2, 0.25) is 0 Å². The van der Waals surface area contributed by atoms with Crippen LogP contribution in [0.3, 0.4) is 0 Å². The highest BCUT2D eigenvalue weighted by atomic mass is 32.2. The highest BCUT2D eigenvalue weighted by molar-refractivity contribution is 8.38. The molecule has 0 spiro atoms. The van der Waals surface area contributed by atoms with E-state index < -0.39 is 0 Å². The molecule has 0 amide bonds. The van der Waals surface area contributed by atoms with E-state index in [-0.39, 0.29) is 0 Å². The Balaban J connectivity index is 2.03. The van der Waals surface area contributed by atoms with Gasteiger partial charge in [0.2, 0.25) is 0 Å². The Morgan fingerprint density at radius 1 is 1.47 bits per heavy atom. The summed E-state index contributed by atoms with van der Waals surface area (Å²) in [6.07, 6.45) is 0. The van der Waals surface area contributed by atoms with Crippen molar-refractivity contribution in [2.45, 2.75) is 18.7 Å². The first kappa shape index (κ1) is 11.1. The summed E-state index contributed by atoms with van der Waals surface area (Å²) >= 11 is 3.68. The SMILES string of the molecule is Cc1cccc(SC2=NCC(C)CS2)c1. The molecule has 0 bridgehead atoms. The predicted octanol–water partition coefficient (Wildman–Crippen LogP) is 3.83. The van der Waals surface area contributed by atoms with Gasteiger partial charge in [0.1, 0.15) is 4.38 Å². The van der Waals surface area contributed by atoms with Crippen LogP contribution in [-0.2, 0) is 0 Å². The molecule has 1 atom stereocenters. The Bertz CT molecular complexity index is 374. The number of thioether (sulfide) groups is 2. The summed E-state index contributed by atoms with van der Waals surface area (Å²) < 4.78 is 1.22. The van der Waals surface area contributed by atoms with Crippen LogP contribution < -0.4 is 0 Å². The largest absolute Gasteiger partial charge is 0.271 e. The average molecular weight is 237 g/mol. The molecule has 0 N–H and O–H groups in total. The highest BCUT2D eigenvalue weighted by Crippen LogP contribution is 2.30. The molecule has 0 aliphatic carbocycles. The van der Waals surface area contributed by atoms with Crippen LogP contribution in [0, 0.1) is 12.8 Å². The van der Waals surface area contributed by atoms with E-state index >= 15 is 0 Å². The fourth-order valence-corrected chi connectivity index (χ4v) is 3.54. The number of rotatable bonds is 1. The summed E-state index contributed by atoms with van der Waals surface area (Å²) in [6, 6.07) is 8.60. The lowest BCUT2D eigenvalue weighted by atomic mass is 10.2.